The van der Waals surface area contributed by atoms with Crippen LogP contribution in [0.3, 0.4) is 0 Å². The van der Waals surface area contributed by atoms with Gasteiger partial charge in [0.1, 0.15) is 5.82 Å². The lowest BCUT2D eigenvalue weighted by molar-refractivity contribution is -0.137. The van der Waals surface area contributed by atoms with Gasteiger partial charge in [-0.2, -0.15) is 18.2 Å². The number of aromatic nitrogens is 3. The van der Waals surface area contributed by atoms with Gasteiger partial charge in [0, 0.05) is 24.2 Å². The summed E-state index contributed by atoms with van der Waals surface area (Å²) in [6, 6.07) is 7.97. The highest BCUT2D eigenvalue weighted by atomic mass is 19.4. The predicted molar refractivity (Wildman–Crippen MR) is 96.5 cm³/mol. The van der Waals surface area contributed by atoms with Crippen molar-refractivity contribution in [2.24, 2.45) is 0 Å². The molecule has 28 heavy (non-hydrogen) atoms. The molecule has 0 spiro atoms. The molecule has 9 heteroatoms. The molecule has 1 atom stereocenters. The first-order chi connectivity index (χ1) is 13.2. The fraction of sp³-hybridized carbons (Fsp3) is 0.316. The van der Waals surface area contributed by atoms with Crippen LogP contribution in [0.2, 0.25) is 0 Å². The van der Waals surface area contributed by atoms with Crippen molar-refractivity contribution in [2.75, 3.05) is 11.9 Å². The van der Waals surface area contributed by atoms with Gasteiger partial charge in [-0.05, 0) is 29.8 Å². The summed E-state index contributed by atoms with van der Waals surface area (Å²) in [6.45, 7) is 3.88. The number of benzene rings is 1. The van der Waals surface area contributed by atoms with E-state index in [1.807, 2.05) is 13.8 Å². The van der Waals surface area contributed by atoms with E-state index in [9.17, 15) is 18.3 Å². The van der Waals surface area contributed by atoms with Crippen LogP contribution in [0.25, 0.3) is 11.5 Å². The van der Waals surface area contributed by atoms with Crippen molar-refractivity contribution in [3.8, 4) is 11.5 Å². The number of aliphatic hydroxyl groups is 1. The zero-order chi connectivity index (χ0) is 20.3. The molecule has 0 aliphatic heterocycles. The van der Waals surface area contributed by atoms with Gasteiger partial charge in [0.15, 0.2) is 5.82 Å². The Morgan fingerprint density at radius 3 is 2.64 bits per heavy atom. The number of anilines is 1. The number of hydrogen-bond acceptors (Lipinski definition) is 6. The minimum atomic E-state index is -4.46. The Labute approximate surface area is 159 Å². The van der Waals surface area contributed by atoms with E-state index in [0.717, 1.165) is 12.1 Å². The summed E-state index contributed by atoms with van der Waals surface area (Å²) in [6.07, 6.45) is -4.06. The quantitative estimate of drug-likeness (QED) is 0.646. The summed E-state index contributed by atoms with van der Waals surface area (Å²) in [5, 5.41) is 17.0. The third kappa shape index (κ3) is 4.66. The summed E-state index contributed by atoms with van der Waals surface area (Å²) in [4.78, 5) is 8.44. The molecule has 0 fully saturated rings. The summed E-state index contributed by atoms with van der Waals surface area (Å²) < 4.78 is 43.7. The maximum atomic E-state index is 12.8. The van der Waals surface area contributed by atoms with Crippen LogP contribution >= 0.6 is 0 Å². The second kappa shape index (κ2) is 7.97. The van der Waals surface area contributed by atoms with Crippen molar-refractivity contribution < 1.29 is 22.8 Å². The van der Waals surface area contributed by atoms with E-state index in [-0.39, 0.29) is 18.0 Å². The van der Waals surface area contributed by atoms with Crippen LogP contribution in [0.15, 0.2) is 47.1 Å². The summed E-state index contributed by atoms with van der Waals surface area (Å²) in [7, 11) is 0. The van der Waals surface area contributed by atoms with Gasteiger partial charge in [-0.25, -0.2) is 4.98 Å². The fourth-order valence-electron chi connectivity index (χ4n) is 2.49. The van der Waals surface area contributed by atoms with Gasteiger partial charge in [0.25, 0.3) is 5.89 Å². The lowest BCUT2D eigenvalue weighted by Crippen LogP contribution is -2.14. The van der Waals surface area contributed by atoms with E-state index in [1.165, 1.54) is 18.3 Å². The van der Waals surface area contributed by atoms with Gasteiger partial charge >= 0.3 is 6.18 Å². The van der Waals surface area contributed by atoms with E-state index in [2.05, 4.69) is 20.4 Å². The Bertz CT molecular complexity index is 941. The van der Waals surface area contributed by atoms with Crippen molar-refractivity contribution >= 4 is 5.82 Å². The van der Waals surface area contributed by atoms with Crippen molar-refractivity contribution in [3.05, 3.63) is 59.5 Å². The van der Waals surface area contributed by atoms with Crippen LogP contribution in [0.5, 0.6) is 0 Å². The molecule has 0 aliphatic carbocycles. The Morgan fingerprint density at radius 2 is 1.96 bits per heavy atom. The number of nitrogens with zero attached hydrogens (tertiary/aromatic N) is 3. The van der Waals surface area contributed by atoms with Crippen LogP contribution in [0.1, 0.15) is 42.8 Å². The molecular weight excluding hydrogens is 373 g/mol. The molecule has 6 nitrogen and oxygen atoms in total. The summed E-state index contributed by atoms with van der Waals surface area (Å²) in [5.74, 6) is 1.47. The third-order valence-electron chi connectivity index (χ3n) is 4.04. The second-order valence-electron chi connectivity index (χ2n) is 6.56. The van der Waals surface area contributed by atoms with Crippen molar-refractivity contribution in [3.63, 3.8) is 0 Å². The average molecular weight is 392 g/mol. The van der Waals surface area contributed by atoms with Gasteiger partial charge < -0.3 is 14.9 Å². The Morgan fingerprint density at radius 1 is 1.18 bits per heavy atom. The fourth-order valence-corrected chi connectivity index (χ4v) is 2.49. The van der Waals surface area contributed by atoms with Crippen LogP contribution in [0, 0.1) is 0 Å². The molecule has 1 aromatic carbocycles. The zero-order valence-corrected chi connectivity index (χ0v) is 15.2. The highest BCUT2D eigenvalue weighted by Crippen LogP contribution is 2.31. The number of hydrogen-bond donors (Lipinski definition) is 2. The van der Waals surface area contributed by atoms with E-state index in [4.69, 9.17) is 4.52 Å². The molecule has 3 rings (SSSR count). The molecule has 148 valence electrons. The van der Waals surface area contributed by atoms with Gasteiger partial charge in [-0.3, -0.25) is 0 Å². The maximum Gasteiger partial charge on any atom is 0.416 e. The lowest BCUT2D eigenvalue weighted by atomic mass is 10.1. The smallest absolute Gasteiger partial charge is 0.387 e. The topological polar surface area (TPSA) is 84.1 Å². The van der Waals surface area contributed by atoms with Crippen LogP contribution in [-0.2, 0) is 6.18 Å². The normalized spacial score (nSPS) is 13.0. The SMILES string of the molecule is CC(C)c1noc(-c2ccnc(NCC(O)c3cccc(C(F)(F)F)c3)c2)n1. The number of halogens is 3. The Balaban J connectivity index is 1.69. The standard InChI is InChI=1S/C19H19F3N4O2/c1-11(2)17-25-18(28-26-17)13-6-7-23-16(9-13)24-10-15(27)12-4-3-5-14(8-12)19(20,21)22/h3-9,11,15,27H,10H2,1-2H3,(H,23,24). The van der Waals surface area contributed by atoms with Crippen LogP contribution < -0.4 is 5.32 Å². The minimum absolute atomic E-state index is 0.0150. The molecule has 2 heterocycles. The molecule has 2 aromatic heterocycles. The van der Waals surface area contributed by atoms with Crippen LogP contribution in [0.4, 0.5) is 19.0 Å². The number of alkyl halides is 3. The summed E-state index contributed by atoms with van der Waals surface area (Å²) in [5.41, 5.74) is 0.00365. The highest BCUT2D eigenvalue weighted by Gasteiger charge is 2.30. The number of rotatable bonds is 6. The molecule has 2 N–H and O–H groups in total. The highest BCUT2D eigenvalue weighted by molar-refractivity contribution is 5.57. The summed E-state index contributed by atoms with van der Waals surface area (Å²) >= 11 is 0. The lowest BCUT2D eigenvalue weighted by Gasteiger charge is -2.15. The van der Waals surface area contributed by atoms with E-state index < -0.39 is 17.8 Å². The van der Waals surface area contributed by atoms with Gasteiger partial charge in [0.2, 0.25) is 0 Å². The average Bonchev–Trinajstić information content (AvgIpc) is 3.16. The van der Waals surface area contributed by atoms with Gasteiger partial charge in [-0.15, -0.1) is 0 Å². The largest absolute Gasteiger partial charge is 0.416 e. The molecule has 0 radical (unpaired) electrons. The second-order valence-corrected chi connectivity index (χ2v) is 6.56. The van der Waals surface area contributed by atoms with Crippen LogP contribution in [-0.4, -0.2) is 26.8 Å². The third-order valence-corrected chi connectivity index (χ3v) is 4.04. The van der Waals surface area contributed by atoms with E-state index in [1.54, 1.807) is 12.1 Å². The first-order valence-electron chi connectivity index (χ1n) is 8.63. The molecule has 0 bridgehead atoms. The van der Waals surface area contributed by atoms with Crippen molar-refractivity contribution in [2.45, 2.75) is 32.0 Å². The Kier molecular flexibility index (Phi) is 5.64. The van der Waals surface area contributed by atoms with Crippen molar-refractivity contribution in [1.29, 1.82) is 0 Å². The molecule has 1 unspecified atom stereocenters. The molecule has 0 saturated carbocycles. The van der Waals surface area contributed by atoms with E-state index in [0.29, 0.717) is 23.1 Å². The monoisotopic (exact) mass is 392 g/mol. The zero-order valence-electron chi connectivity index (χ0n) is 15.2. The first kappa shape index (κ1) is 19.8. The van der Waals surface area contributed by atoms with Gasteiger partial charge in [0.05, 0.1) is 11.7 Å². The Hall–Kier alpha value is -2.94. The molecule has 0 aliphatic rings. The van der Waals surface area contributed by atoms with Crippen molar-refractivity contribution in [1.82, 2.24) is 15.1 Å². The number of aliphatic hydroxyl groups excluding tert-OH is 1. The van der Waals surface area contributed by atoms with Gasteiger partial charge in [-0.1, -0.05) is 31.1 Å². The molecular formula is C19H19F3N4O2. The molecule has 0 saturated heterocycles. The molecule has 0 amide bonds. The predicted octanol–water partition coefficient (Wildman–Crippen LogP) is 4.42. The molecule has 3 aromatic rings. The number of pyridine rings is 1. The van der Waals surface area contributed by atoms with E-state index >= 15 is 0 Å². The maximum absolute atomic E-state index is 12.8. The minimum Gasteiger partial charge on any atom is -0.387 e. The first-order valence-corrected chi connectivity index (χ1v) is 8.63. The number of nitrogens with one attached hydrogen (secondary N) is 1.